The van der Waals surface area contributed by atoms with Gasteiger partial charge in [0, 0.05) is 0 Å². The summed E-state index contributed by atoms with van der Waals surface area (Å²) in [6.07, 6.45) is 1.24. The first-order valence-corrected chi connectivity index (χ1v) is 7.66. The van der Waals surface area contributed by atoms with E-state index in [1.165, 1.54) is 10.5 Å². The number of carbonyl (C=O) groups is 2. The van der Waals surface area contributed by atoms with Crippen LogP contribution in [0.15, 0.2) is 24.3 Å². The molecule has 1 aliphatic rings. The molecule has 0 aromatic heterocycles. The van der Waals surface area contributed by atoms with Gasteiger partial charge in [-0.1, -0.05) is 52.0 Å². The van der Waals surface area contributed by atoms with E-state index in [2.05, 4.69) is 31.3 Å². The predicted molar refractivity (Wildman–Crippen MR) is 82.9 cm³/mol. The topological polar surface area (TPSA) is 49.4 Å². The van der Waals surface area contributed by atoms with Crippen LogP contribution in [0.5, 0.6) is 0 Å². The van der Waals surface area contributed by atoms with Crippen LogP contribution in [-0.4, -0.2) is 22.4 Å². The van der Waals surface area contributed by atoms with Crippen molar-refractivity contribution in [3.8, 4) is 0 Å². The minimum Gasteiger partial charge on any atom is -0.323 e. The fourth-order valence-corrected chi connectivity index (χ4v) is 2.74. The molecule has 0 spiro atoms. The van der Waals surface area contributed by atoms with Crippen LogP contribution in [0.4, 0.5) is 4.79 Å². The summed E-state index contributed by atoms with van der Waals surface area (Å²) < 4.78 is 0. The highest BCUT2D eigenvalue weighted by atomic mass is 16.2. The van der Waals surface area contributed by atoms with Crippen molar-refractivity contribution in [2.24, 2.45) is 0 Å². The molecule has 1 aromatic rings. The van der Waals surface area contributed by atoms with Crippen molar-refractivity contribution in [1.29, 1.82) is 0 Å². The van der Waals surface area contributed by atoms with Crippen molar-refractivity contribution in [1.82, 2.24) is 10.2 Å². The van der Waals surface area contributed by atoms with Crippen LogP contribution in [-0.2, 0) is 11.3 Å². The van der Waals surface area contributed by atoms with Crippen molar-refractivity contribution in [3.05, 3.63) is 35.4 Å². The van der Waals surface area contributed by atoms with Crippen molar-refractivity contribution in [3.63, 3.8) is 0 Å². The zero-order chi connectivity index (χ0) is 15.6. The second-order valence-corrected chi connectivity index (χ2v) is 6.01. The van der Waals surface area contributed by atoms with E-state index >= 15 is 0 Å². The highest BCUT2D eigenvalue weighted by Crippen LogP contribution is 2.26. The van der Waals surface area contributed by atoms with Gasteiger partial charge in [0.15, 0.2) is 0 Å². The summed E-state index contributed by atoms with van der Waals surface area (Å²) in [6.45, 7) is 8.49. The minimum atomic E-state index is -0.713. The van der Waals surface area contributed by atoms with Crippen LogP contribution in [0.3, 0.4) is 0 Å². The summed E-state index contributed by atoms with van der Waals surface area (Å²) in [5.41, 5.74) is 1.52. The number of hydrogen-bond acceptors (Lipinski definition) is 2. The van der Waals surface area contributed by atoms with E-state index in [4.69, 9.17) is 0 Å². The molecule has 1 aliphatic heterocycles. The molecule has 1 fully saturated rings. The van der Waals surface area contributed by atoms with Crippen LogP contribution in [0.2, 0.25) is 0 Å². The Kier molecular flexibility index (Phi) is 4.35. The first-order valence-electron chi connectivity index (χ1n) is 7.66. The van der Waals surface area contributed by atoms with E-state index in [-0.39, 0.29) is 11.9 Å². The summed E-state index contributed by atoms with van der Waals surface area (Å²) >= 11 is 0. The average molecular weight is 288 g/mol. The molecular weight excluding hydrogens is 264 g/mol. The van der Waals surface area contributed by atoms with Crippen LogP contribution in [0, 0.1) is 0 Å². The third kappa shape index (κ3) is 2.80. The number of imide groups is 1. The molecule has 4 heteroatoms. The van der Waals surface area contributed by atoms with E-state index < -0.39 is 5.54 Å². The van der Waals surface area contributed by atoms with Gasteiger partial charge in [0.25, 0.3) is 5.91 Å². The number of urea groups is 1. The molecule has 0 bridgehead atoms. The van der Waals surface area contributed by atoms with Crippen molar-refractivity contribution >= 4 is 11.9 Å². The van der Waals surface area contributed by atoms with Gasteiger partial charge in [-0.3, -0.25) is 9.69 Å². The lowest BCUT2D eigenvalue weighted by molar-refractivity contribution is -0.132. The van der Waals surface area contributed by atoms with Crippen LogP contribution < -0.4 is 5.32 Å². The molecule has 1 aromatic carbocycles. The Morgan fingerprint density at radius 1 is 1.10 bits per heavy atom. The van der Waals surface area contributed by atoms with Gasteiger partial charge in [0.2, 0.25) is 0 Å². The number of carbonyl (C=O) groups excluding carboxylic acids is 2. The largest absolute Gasteiger partial charge is 0.325 e. The summed E-state index contributed by atoms with van der Waals surface area (Å²) in [5.74, 6) is 0.369. The van der Waals surface area contributed by atoms with E-state index in [1.807, 2.05) is 26.0 Å². The standard InChI is InChI=1S/C17H24N2O2/c1-5-17(6-2)15(20)19(16(21)18-17)11-13-7-9-14(10-8-13)12(3)4/h7-10,12H,5-6,11H2,1-4H3,(H,18,21). The number of nitrogens with zero attached hydrogens (tertiary/aromatic N) is 1. The second kappa shape index (κ2) is 5.88. The maximum Gasteiger partial charge on any atom is 0.325 e. The smallest absolute Gasteiger partial charge is 0.323 e. The predicted octanol–water partition coefficient (Wildman–Crippen LogP) is 3.42. The Bertz CT molecular complexity index is 530. The summed E-state index contributed by atoms with van der Waals surface area (Å²) in [6, 6.07) is 7.83. The van der Waals surface area contributed by atoms with Crippen LogP contribution >= 0.6 is 0 Å². The summed E-state index contributed by atoms with van der Waals surface area (Å²) in [7, 11) is 0. The maximum atomic E-state index is 12.5. The van der Waals surface area contributed by atoms with Gasteiger partial charge in [-0.25, -0.2) is 4.79 Å². The molecule has 2 rings (SSSR count). The van der Waals surface area contributed by atoms with Crippen LogP contribution in [0.25, 0.3) is 0 Å². The van der Waals surface area contributed by atoms with Gasteiger partial charge in [0.1, 0.15) is 5.54 Å². The number of benzene rings is 1. The fourth-order valence-electron chi connectivity index (χ4n) is 2.74. The van der Waals surface area contributed by atoms with Gasteiger partial charge in [-0.2, -0.15) is 0 Å². The van der Waals surface area contributed by atoms with Crippen molar-refractivity contribution in [2.75, 3.05) is 0 Å². The SMILES string of the molecule is CCC1(CC)NC(=O)N(Cc2ccc(C(C)C)cc2)C1=O. The Balaban J connectivity index is 2.16. The molecule has 21 heavy (non-hydrogen) atoms. The zero-order valence-corrected chi connectivity index (χ0v) is 13.3. The van der Waals surface area contributed by atoms with Gasteiger partial charge < -0.3 is 5.32 Å². The van der Waals surface area contributed by atoms with E-state index in [9.17, 15) is 9.59 Å². The second-order valence-electron chi connectivity index (χ2n) is 6.01. The highest BCUT2D eigenvalue weighted by Gasteiger charge is 2.48. The third-order valence-electron chi connectivity index (χ3n) is 4.44. The van der Waals surface area contributed by atoms with E-state index in [1.54, 1.807) is 0 Å². The highest BCUT2D eigenvalue weighted by molar-refractivity contribution is 6.06. The molecular formula is C17H24N2O2. The lowest BCUT2D eigenvalue weighted by Crippen LogP contribution is -2.45. The Morgan fingerprint density at radius 2 is 1.67 bits per heavy atom. The third-order valence-corrected chi connectivity index (χ3v) is 4.44. The van der Waals surface area contributed by atoms with Crippen molar-refractivity contribution < 1.29 is 9.59 Å². The molecule has 1 heterocycles. The van der Waals surface area contributed by atoms with E-state index in [0.29, 0.717) is 25.3 Å². The maximum absolute atomic E-state index is 12.5. The molecule has 114 valence electrons. The molecule has 3 amide bonds. The monoisotopic (exact) mass is 288 g/mol. The Hall–Kier alpha value is -1.84. The Labute approximate surface area is 126 Å². The van der Waals surface area contributed by atoms with Gasteiger partial charge >= 0.3 is 6.03 Å². The van der Waals surface area contributed by atoms with Crippen molar-refractivity contribution in [2.45, 2.75) is 58.5 Å². The molecule has 1 saturated heterocycles. The number of nitrogens with one attached hydrogen (secondary N) is 1. The number of amides is 3. The zero-order valence-electron chi connectivity index (χ0n) is 13.3. The quantitative estimate of drug-likeness (QED) is 0.844. The number of hydrogen-bond donors (Lipinski definition) is 1. The summed E-state index contributed by atoms with van der Waals surface area (Å²) in [5, 5.41) is 2.85. The Morgan fingerprint density at radius 3 is 2.10 bits per heavy atom. The first-order chi connectivity index (χ1) is 9.93. The number of rotatable bonds is 5. The van der Waals surface area contributed by atoms with E-state index in [0.717, 1.165) is 5.56 Å². The fraction of sp³-hybridized carbons (Fsp3) is 0.529. The van der Waals surface area contributed by atoms with Gasteiger partial charge in [-0.05, 0) is 29.9 Å². The molecule has 0 atom stereocenters. The molecule has 4 nitrogen and oxygen atoms in total. The van der Waals surface area contributed by atoms with Crippen LogP contribution in [0.1, 0.15) is 57.6 Å². The first kappa shape index (κ1) is 15.5. The average Bonchev–Trinajstić information content (AvgIpc) is 2.72. The molecule has 0 unspecified atom stereocenters. The lowest BCUT2D eigenvalue weighted by Gasteiger charge is -2.23. The normalized spacial score (nSPS) is 17.5. The molecule has 0 radical (unpaired) electrons. The lowest BCUT2D eigenvalue weighted by atomic mass is 9.93. The minimum absolute atomic E-state index is 0.106. The molecule has 0 aliphatic carbocycles. The van der Waals surface area contributed by atoms with Gasteiger partial charge in [0.05, 0.1) is 6.54 Å². The molecule has 1 N–H and O–H groups in total. The van der Waals surface area contributed by atoms with Gasteiger partial charge in [-0.15, -0.1) is 0 Å². The summed E-state index contributed by atoms with van der Waals surface area (Å²) in [4.78, 5) is 25.9. The molecule has 0 saturated carbocycles.